The average molecular weight is 341 g/mol. The van der Waals surface area contributed by atoms with Crippen LogP contribution in [0.2, 0.25) is 5.02 Å². The van der Waals surface area contributed by atoms with E-state index in [0.29, 0.717) is 10.7 Å². The molecule has 0 amide bonds. The molecule has 19 heavy (non-hydrogen) atoms. The molecule has 2 N–H and O–H groups in total. The summed E-state index contributed by atoms with van der Waals surface area (Å²) in [7, 11) is 0. The summed E-state index contributed by atoms with van der Waals surface area (Å²) in [5, 5.41) is 12.8. The van der Waals surface area contributed by atoms with Crippen LogP contribution in [0.15, 0.2) is 40.9 Å². The Morgan fingerprint density at radius 2 is 2.00 bits per heavy atom. The van der Waals surface area contributed by atoms with Gasteiger partial charge in [0.05, 0.1) is 16.3 Å². The molecule has 0 aliphatic carbocycles. The van der Waals surface area contributed by atoms with Gasteiger partial charge in [0.2, 0.25) is 0 Å². The van der Waals surface area contributed by atoms with Gasteiger partial charge in [-0.25, -0.2) is 4.79 Å². The predicted octanol–water partition coefficient (Wildman–Crippen LogP) is 4.85. The number of anilines is 2. The third-order valence-electron chi connectivity index (χ3n) is 2.60. The molecule has 5 heteroatoms. The second kappa shape index (κ2) is 5.63. The summed E-state index contributed by atoms with van der Waals surface area (Å²) >= 11 is 9.31. The molecule has 0 aliphatic heterocycles. The minimum Gasteiger partial charge on any atom is -0.478 e. The van der Waals surface area contributed by atoms with Gasteiger partial charge in [-0.2, -0.15) is 0 Å². The van der Waals surface area contributed by atoms with Crippen molar-refractivity contribution < 1.29 is 9.90 Å². The van der Waals surface area contributed by atoms with E-state index in [0.717, 1.165) is 15.7 Å². The molecule has 98 valence electrons. The SMILES string of the molecule is Cc1ccc(Nc2ccc(Br)c(Cl)c2)c(C(=O)O)c1. The van der Waals surface area contributed by atoms with Crippen LogP contribution in [0.5, 0.6) is 0 Å². The minimum atomic E-state index is -0.964. The Kier molecular flexibility index (Phi) is 4.12. The van der Waals surface area contributed by atoms with Crippen LogP contribution in [0.4, 0.5) is 11.4 Å². The maximum Gasteiger partial charge on any atom is 0.337 e. The standard InChI is InChI=1S/C14H11BrClNO2/c1-8-2-5-13(10(6-8)14(18)19)17-9-3-4-11(15)12(16)7-9/h2-7,17H,1H3,(H,18,19). The summed E-state index contributed by atoms with van der Waals surface area (Å²) in [5.74, 6) is -0.964. The molecule has 0 heterocycles. The lowest BCUT2D eigenvalue weighted by atomic mass is 10.1. The fraction of sp³-hybridized carbons (Fsp3) is 0.0714. The van der Waals surface area contributed by atoms with Crippen molar-refractivity contribution in [3.63, 3.8) is 0 Å². The molecule has 2 aromatic rings. The van der Waals surface area contributed by atoms with Gasteiger partial charge in [-0.05, 0) is 53.2 Å². The Morgan fingerprint density at radius 3 is 2.63 bits per heavy atom. The van der Waals surface area contributed by atoms with Crippen molar-refractivity contribution >= 4 is 44.9 Å². The van der Waals surface area contributed by atoms with E-state index in [2.05, 4.69) is 21.2 Å². The van der Waals surface area contributed by atoms with Gasteiger partial charge in [0.1, 0.15) is 0 Å². The third-order valence-corrected chi connectivity index (χ3v) is 3.84. The van der Waals surface area contributed by atoms with Crippen LogP contribution in [0, 0.1) is 6.92 Å². The zero-order valence-corrected chi connectivity index (χ0v) is 12.4. The highest BCUT2D eigenvalue weighted by molar-refractivity contribution is 9.10. The van der Waals surface area contributed by atoms with Gasteiger partial charge in [0.25, 0.3) is 0 Å². The summed E-state index contributed by atoms with van der Waals surface area (Å²) in [6.45, 7) is 1.85. The van der Waals surface area contributed by atoms with Crippen molar-refractivity contribution in [2.24, 2.45) is 0 Å². The van der Waals surface area contributed by atoms with Crippen LogP contribution in [-0.2, 0) is 0 Å². The highest BCUT2D eigenvalue weighted by Crippen LogP contribution is 2.28. The van der Waals surface area contributed by atoms with Crippen LogP contribution >= 0.6 is 27.5 Å². The van der Waals surface area contributed by atoms with E-state index in [1.54, 1.807) is 24.3 Å². The molecular formula is C14H11BrClNO2. The molecule has 0 radical (unpaired) electrons. The van der Waals surface area contributed by atoms with Crippen LogP contribution < -0.4 is 5.32 Å². The third kappa shape index (κ3) is 3.28. The van der Waals surface area contributed by atoms with E-state index >= 15 is 0 Å². The molecule has 0 aliphatic rings. The highest BCUT2D eigenvalue weighted by atomic mass is 79.9. The van der Waals surface area contributed by atoms with Gasteiger partial charge in [-0.15, -0.1) is 0 Å². The van der Waals surface area contributed by atoms with Gasteiger partial charge in [-0.3, -0.25) is 0 Å². The molecule has 0 saturated carbocycles. The summed E-state index contributed by atoms with van der Waals surface area (Å²) < 4.78 is 0.794. The number of carboxylic acid groups (broad SMARTS) is 1. The number of hydrogen-bond donors (Lipinski definition) is 2. The Hall–Kier alpha value is -1.52. The first kappa shape index (κ1) is 13.9. The quantitative estimate of drug-likeness (QED) is 0.839. The number of rotatable bonds is 3. The fourth-order valence-corrected chi connectivity index (χ4v) is 2.10. The lowest BCUT2D eigenvalue weighted by Gasteiger charge is -2.11. The zero-order valence-electron chi connectivity index (χ0n) is 10.1. The Morgan fingerprint density at radius 1 is 1.26 bits per heavy atom. The topological polar surface area (TPSA) is 49.3 Å². The highest BCUT2D eigenvalue weighted by Gasteiger charge is 2.10. The molecule has 0 bridgehead atoms. The van der Waals surface area contributed by atoms with Gasteiger partial charge in [0, 0.05) is 10.2 Å². The second-order valence-corrected chi connectivity index (χ2v) is 5.37. The van der Waals surface area contributed by atoms with Gasteiger partial charge in [0.15, 0.2) is 0 Å². The van der Waals surface area contributed by atoms with Crippen molar-refractivity contribution in [2.45, 2.75) is 6.92 Å². The first-order valence-corrected chi connectivity index (χ1v) is 6.70. The second-order valence-electron chi connectivity index (χ2n) is 4.11. The van der Waals surface area contributed by atoms with Crippen LogP contribution in [0.25, 0.3) is 0 Å². The Labute approximate surface area is 124 Å². The number of carboxylic acids is 1. The van der Waals surface area contributed by atoms with Crippen molar-refractivity contribution in [1.29, 1.82) is 0 Å². The lowest BCUT2D eigenvalue weighted by molar-refractivity contribution is 0.0698. The van der Waals surface area contributed by atoms with Crippen molar-refractivity contribution in [3.05, 3.63) is 57.0 Å². The van der Waals surface area contributed by atoms with E-state index < -0.39 is 5.97 Å². The number of aromatic carboxylic acids is 1. The number of benzene rings is 2. The molecule has 3 nitrogen and oxygen atoms in total. The molecular weight excluding hydrogens is 330 g/mol. The maximum atomic E-state index is 11.2. The summed E-state index contributed by atoms with van der Waals surface area (Å²) in [6.07, 6.45) is 0. The number of nitrogens with one attached hydrogen (secondary N) is 1. The molecule has 2 rings (SSSR count). The van der Waals surface area contributed by atoms with E-state index in [4.69, 9.17) is 11.6 Å². The van der Waals surface area contributed by atoms with Crippen LogP contribution in [0.1, 0.15) is 15.9 Å². The Balaban J connectivity index is 2.37. The molecule has 0 spiro atoms. The monoisotopic (exact) mass is 339 g/mol. The van der Waals surface area contributed by atoms with Gasteiger partial charge in [-0.1, -0.05) is 23.2 Å². The first-order valence-electron chi connectivity index (χ1n) is 5.53. The number of halogens is 2. The molecule has 0 atom stereocenters. The average Bonchev–Trinajstić information content (AvgIpc) is 2.36. The maximum absolute atomic E-state index is 11.2. The molecule has 0 aromatic heterocycles. The fourth-order valence-electron chi connectivity index (χ4n) is 1.67. The number of aryl methyl sites for hydroxylation is 1. The Bertz CT molecular complexity index is 643. The summed E-state index contributed by atoms with van der Waals surface area (Å²) in [6, 6.07) is 10.6. The van der Waals surface area contributed by atoms with Crippen molar-refractivity contribution in [1.82, 2.24) is 0 Å². The lowest BCUT2D eigenvalue weighted by Crippen LogP contribution is -2.03. The summed E-state index contributed by atoms with van der Waals surface area (Å²) in [5.41, 5.74) is 2.41. The number of carbonyl (C=O) groups is 1. The van der Waals surface area contributed by atoms with Gasteiger partial charge >= 0.3 is 5.97 Å². The normalized spacial score (nSPS) is 10.3. The van der Waals surface area contributed by atoms with E-state index in [9.17, 15) is 9.90 Å². The van der Waals surface area contributed by atoms with Crippen molar-refractivity contribution in [3.8, 4) is 0 Å². The molecule has 0 saturated heterocycles. The van der Waals surface area contributed by atoms with E-state index in [1.807, 2.05) is 19.1 Å². The predicted molar refractivity (Wildman–Crippen MR) is 80.6 cm³/mol. The first-order chi connectivity index (χ1) is 8.97. The van der Waals surface area contributed by atoms with E-state index in [-0.39, 0.29) is 5.56 Å². The largest absolute Gasteiger partial charge is 0.478 e. The van der Waals surface area contributed by atoms with Crippen LogP contribution in [-0.4, -0.2) is 11.1 Å². The number of hydrogen-bond acceptors (Lipinski definition) is 2. The van der Waals surface area contributed by atoms with Crippen molar-refractivity contribution in [2.75, 3.05) is 5.32 Å². The molecule has 0 fully saturated rings. The van der Waals surface area contributed by atoms with Gasteiger partial charge < -0.3 is 10.4 Å². The van der Waals surface area contributed by atoms with Crippen LogP contribution in [0.3, 0.4) is 0 Å². The summed E-state index contributed by atoms with van der Waals surface area (Å²) in [4.78, 5) is 11.2. The van der Waals surface area contributed by atoms with E-state index in [1.165, 1.54) is 0 Å². The molecule has 2 aromatic carbocycles. The smallest absolute Gasteiger partial charge is 0.337 e. The minimum absolute atomic E-state index is 0.235. The molecule has 0 unspecified atom stereocenters. The zero-order chi connectivity index (χ0) is 14.0.